The van der Waals surface area contributed by atoms with Crippen molar-refractivity contribution in [2.75, 3.05) is 5.01 Å². The molecule has 0 spiro atoms. The van der Waals surface area contributed by atoms with Gasteiger partial charge in [-0.3, -0.25) is 0 Å². The predicted octanol–water partition coefficient (Wildman–Crippen LogP) is 4.81. The summed E-state index contributed by atoms with van der Waals surface area (Å²) in [6.07, 6.45) is 0. The van der Waals surface area contributed by atoms with Gasteiger partial charge in [0.2, 0.25) is 0 Å². The Labute approximate surface area is 109 Å². The monoisotopic (exact) mass is 266 g/mol. The molecule has 0 saturated heterocycles. The second-order valence-corrected chi connectivity index (χ2v) is 4.11. The molecule has 0 aliphatic rings. The van der Waals surface area contributed by atoms with Gasteiger partial charge in [0.25, 0.3) is 0 Å². The Hall–Kier alpha value is -1.58. The minimum atomic E-state index is 0.376. The van der Waals surface area contributed by atoms with E-state index >= 15 is 0 Å². The van der Waals surface area contributed by atoms with E-state index < -0.39 is 0 Å². The van der Waals surface area contributed by atoms with Gasteiger partial charge < -0.3 is 0 Å². The molecule has 0 fully saturated rings. The lowest BCUT2D eigenvalue weighted by atomic mass is 10.2. The standard InChI is InChI=1S/C12H8Cl2N2O/c13-10-7-4-8-11(14)12(10)16(15-17)9-5-2-1-3-6-9/h1-8H. The first-order valence-electron chi connectivity index (χ1n) is 4.86. The molecule has 0 aliphatic heterocycles. The number of nitroso groups, excluding NO2 is 1. The molecular formula is C12H8Cl2N2O. The van der Waals surface area contributed by atoms with Gasteiger partial charge in [-0.2, -0.15) is 5.01 Å². The van der Waals surface area contributed by atoms with Gasteiger partial charge in [-0.1, -0.05) is 47.5 Å². The summed E-state index contributed by atoms with van der Waals surface area (Å²) in [4.78, 5) is 11.0. The molecule has 2 aromatic rings. The highest BCUT2D eigenvalue weighted by molar-refractivity contribution is 6.39. The summed E-state index contributed by atoms with van der Waals surface area (Å²) in [5.41, 5.74) is 0.995. The zero-order valence-corrected chi connectivity index (χ0v) is 10.2. The van der Waals surface area contributed by atoms with Crippen molar-refractivity contribution in [2.24, 2.45) is 5.29 Å². The Morgan fingerprint density at radius 1 is 0.882 bits per heavy atom. The third kappa shape index (κ3) is 2.40. The van der Waals surface area contributed by atoms with E-state index in [1.807, 2.05) is 6.07 Å². The number of rotatable bonds is 3. The largest absolute Gasteiger partial charge is 0.194 e. The molecule has 0 aliphatic carbocycles. The molecule has 3 nitrogen and oxygen atoms in total. The zero-order chi connectivity index (χ0) is 12.3. The molecule has 0 bridgehead atoms. The third-order valence-corrected chi connectivity index (χ3v) is 2.84. The van der Waals surface area contributed by atoms with Crippen LogP contribution in [0, 0.1) is 4.91 Å². The highest BCUT2D eigenvalue weighted by Gasteiger charge is 2.16. The number of para-hydroxylation sites is 2. The van der Waals surface area contributed by atoms with E-state index in [0.29, 0.717) is 21.4 Å². The zero-order valence-electron chi connectivity index (χ0n) is 8.68. The van der Waals surface area contributed by atoms with Crippen LogP contribution in [0.3, 0.4) is 0 Å². The van der Waals surface area contributed by atoms with Crippen LogP contribution in [-0.2, 0) is 0 Å². The van der Waals surface area contributed by atoms with E-state index in [-0.39, 0.29) is 0 Å². The lowest BCUT2D eigenvalue weighted by Crippen LogP contribution is -2.08. The van der Waals surface area contributed by atoms with Gasteiger partial charge >= 0.3 is 0 Å². The molecule has 0 amide bonds. The summed E-state index contributed by atoms with van der Waals surface area (Å²) < 4.78 is 0. The number of halogens is 2. The van der Waals surface area contributed by atoms with Crippen LogP contribution in [-0.4, -0.2) is 0 Å². The van der Waals surface area contributed by atoms with Crippen LogP contribution in [0.15, 0.2) is 53.8 Å². The van der Waals surface area contributed by atoms with Crippen molar-refractivity contribution in [3.05, 3.63) is 63.5 Å². The Kier molecular flexibility index (Phi) is 3.61. The van der Waals surface area contributed by atoms with Crippen molar-refractivity contribution in [3.63, 3.8) is 0 Å². The third-order valence-electron chi connectivity index (χ3n) is 2.23. The Balaban J connectivity index is 2.54. The maximum atomic E-state index is 11.0. The molecule has 5 heteroatoms. The van der Waals surface area contributed by atoms with E-state index in [1.54, 1.807) is 42.5 Å². The molecule has 0 radical (unpaired) electrons. The lowest BCUT2D eigenvalue weighted by Gasteiger charge is -2.17. The first kappa shape index (κ1) is 11.9. The van der Waals surface area contributed by atoms with Crippen LogP contribution in [0.2, 0.25) is 10.0 Å². The van der Waals surface area contributed by atoms with Crippen LogP contribution in [0.4, 0.5) is 11.4 Å². The van der Waals surface area contributed by atoms with E-state index in [9.17, 15) is 4.91 Å². The van der Waals surface area contributed by atoms with Crippen LogP contribution in [0.1, 0.15) is 0 Å². The van der Waals surface area contributed by atoms with Crippen molar-refractivity contribution in [2.45, 2.75) is 0 Å². The second-order valence-electron chi connectivity index (χ2n) is 3.30. The van der Waals surface area contributed by atoms with E-state index in [0.717, 1.165) is 0 Å². The molecule has 0 atom stereocenters. The maximum Gasteiger partial charge on any atom is 0.106 e. The fourth-order valence-electron chi connectivity index (χ4n) is 1.48. The van der Waals surface area contributed by atoms with Gasteiger partial charge in [-0.15, -0.1) is 4.91 Å². The van der Waals surface area contributed by atoms with Crippen molar-refractivity contribution in [1.29, 1.82) is 0 Å². The van der Waals surface area contributed by atoms with Gasteiger partial charge in [0.1, 0.15) is 5.69 Å². The Morgan fingerprint density at radius 3 is 2.00 bits per heavy atom. The lowest BCUT2D eigenvalue weighted by molar-refractivity contribution is 1.07. The van der Waals surface area contributed by atoms with Gasteiger partial charge in [0, 0.05) is 0 Å². The highest BCUT2D eigenvalue weighted by Crippen LogP contribution is 2.37. The minimum Gasteiger partial charge on any atom is -0.194 e. The van der Waals surface area contributed by atoms with Gasteiger partial charge in [-0.25, -0.2) is 0 Å². The second kappa shape index (κ2) is 5.17. The van der Waals surface area contributed by atoms with Gasteiger partial charge in [-0.05, 0) is 24.3 Å². The van der Waals surface area contributed by atoms with E-state index in [4.69, 9.17) is 23.2 Å². The quantitative estimate of drug-likeness (QED) is 0.590. The summed E-state index contributed by atoms with van der Waals surface area (Å²) in [5.74, 6) is 0. The minimum absolute atomic E-state index is 0.376. The van der Waals surface area contributed by atoms with Gasteiger partial charge in [0.05, 0.1) is 21.0 Å². The molecule has 86 valence electrons. The van der Waals surface area contributed by atoms with Crippen LogP contribution < -0.4 is 5.01 Å². The fraction of sp³-hybridized carbons (Fsp3) is 0. The Bertz CT molecular complexity index is 511. The summed E-state index contributed by atoms with van der Waals surface area (Å²) in [5, 5.41) is 4.89. The molecule has 17 heavy (non-hydrogen) atoms. The average molecular weight is 267 g/mol. The number of hydrogen-bond donors (Lipinski definition) is 0. The fourth-order valence-corrected chi connectivity index (χ4v) is 2.04. The summed E-state index contributed by atoms with van der Waals surface area (Å²) in [7, 11) is 0. The van der Waals surface area contributed by atoms with Gasteiger partial charge in [0.15, 0.2) is 0 Å². The molecule has 0 N–H and O–H groups in total. The molecular weight excluding hydrogens is 259 g/mol. The Morgan fingerprint density at radius 2 is 1.47 bits per heavy atom. The molecule has 0 heterocycles. The van der Waals surface area contributed by atoms with Crippen LogP contribution in [0.5, 0.6) is 0 Å². The molecule has 0 unspecified atom stereocenters. The van der Waals surface area contributed by atoms with Crippen molar-refractivity contribution in [1.82, 2.24) is 0 Å². The topological polar surface area (TPSA) is 32.7 Å². The van der Waals surface area contributed by atoms with Crippen molar-refractivity contribution < 1.29 is 0 Å². The molecule has 0 saturated carbocycles. The first-order chi connectivity index (χ1) is 8.24. The van der Waals surface area contributed by atoms with E-state index in [2.05, 4.69) is 5.29 Å². The number of anilines is 2. The molecule has 2 rings (SSSR count). The number of benzene rings is 2. The van der Waals surface area contributed by atoms with Crippen LogP contribution >= 0.6 is 23.2 Å². The first-order valence-corrected chi connectivity index (χ1v) is 5.62. The number of hydrogen-bond acceptors (Lipinski definition) is 2. The van der Waals surface area contributed by atoms with Crippen molar-refractivity contribution in [3.8, 4) is 0 Å². The van der Waals surface area contributed by atoms with Crippen LogP contribution in [0.25, 0.3) is 0 Å². The molecule has 2 aromatic carbocycles. The average Bonchev–Trinajstić information content (AvgIpc) is 2.35. The van der Waals surface area contributed by atoms with Crippen molar-refractivity contribution >= 4 is 34.6 Å². The smallest absolute Gasteiger partial charge is 0.106 e. The summed E-state index contributed by atoms with van der Waals surface area (Å²) >= 11 is 12.1. The normalized spacial score (nSPS) is 10.0. The molecule has 0 aromatic heterocycles. The highest BCUT2D eigenvalue weighted by atomic mass is 35.5. The predicted molar refractivity (Wildman–Crippen MR) is 70.8 cm³/mol. The van der Waals surface area contributed by atoms with E-state index in [1.165, 1.54) is 5.01 Å². The summed E-state index contributed by atoms with van der Waals surface area (Å²) in [6, 6.07) is 14.0. The SMILES string of the molecule is O=NN(c1ccccc1)c1c(Cl)cccc1Cl. The number of nitrogens with zero attached hydrogens (tertiary/aromatic N) is 2. The summed E-state index contributed by atoms with van der Waals surface area (Å²) in [6.45, 7) is 0. The maximum absolute atomic E-state index is 11.0.